The van der Waals surface area contributed by atoms with Crippen molar-refractivity contribution in [3.05, 3.63) is 22.9 Å². The summed E-state index contributed by atoms with van der Waals surface area (Å²) in [4.78, 5) is 30.8. The Morgan fingerprint density at radius 1 is 1.23 bits per heavy atom. The summed E-state index contributed by atoms with van der Waals surface area (Å²) in [5.41, 5.74) is -0.0837. The van der Waals surface area contributed by atoms with Crippen LogP contribution in [0, 0.1) is 29.1 Å². The van der Waals surface area contributed by atoms with Crippen LogP contribution in [0.25, 0.3) is 0 Å². The molecule has 1 amide bonds. The molecule has 1 aromatic heterocycles. The number of alkyl halides is 1. The molecule has 1 aliphatic carbocycles. The van der Waals surface area contributed by atoms with E-state index in [0.717, 1.165) is 25.7 Å². The molecule has 1 aliphatic heterocycles. The highest BCUT2D eigenvalue weighted by molar-refractivity contribution is 7.90. The third-order valence-corrected chi connectivity index (χ3v) is 8.26. The smallest absolute Gasteiger partial charge is 0.340 e. The van der Waals surface area contributed by atoms with Crippen LogP contribution in [0.15, 0.2) is 6.07 Å². The van der Waals surface area contributed by atoms with E-state index in [4.69, 9.17) is 4.74 Å². The summed E-state index contributed by atoms with van der Waals surface area (Å²) in [6.07, 6.45) is 4.46. The first kappa shape index (κ1) is 26.9. The Balaban J connectivity index is 1.62. The van der Waals surface area contributed by atoms with Gasteiger partial charge in [-0.25, -0.2) is 22.6 Å². The molecule has 0 unspecified atom stereocenters. The van der Waals surface area contributed by atoms with Crippen LogP contribution in [0.2, 0.25) is 0 Å². The molecule has 11 heteroatoms. The molecular weight excluding hydrogens is 475 g/mol. The highest BCUT2D eigenvalue weighted by Gasteiger charge is 2.31. The Morgan fingerprint density at radius 3 is 2.46 bits per heavy atom. The lowest BCUT2D eigenvalue weighted by atomic mass is 9.84. The highest BCUT2D eigenvalue weighted by atomic mass is 32.2. The molecule has 0 bridgehead atoms. The van der Waals surface area contributed by atoms with Crippen LogP contribution < -0.4 is 9.62 Å². The summed E-state index contributed by atoms with van der Waals surface area (Å²) >= 11 is 0. The lowest BCUT2D eigenvalue weighted by molar-refractivity contribution is -0.123. The molecule has 35 heavy (non-hydrogen) atoms. The van der Waals surface area contributed by atoms with Crippen LogP contribution in [0.5, 0.6) is 0 Å². The number of aromatic nitrogens is 1. The van der Waals surface area contributed by atoms with E-state index in [0.29, 0.717) is 31.8 Å². The maximum atomic E-state index is 13.6. The standard InChI is InChI=1S/C24H33FN4O5S/c1-3-34-24(31)20-12-19(14-26)22(27-21(20)13-25)29-10-8-18(9-11-29)23(30)28-35(32,33)15-17-6-4-16(2)5-7-17/h12,16-18H,3-11,13,15H2,1-2H3,(H,28,30). The lowest BCUT2D eigenvalue weighted by Crippen LogP contribution is -2.44. The first-order valence-corrected chi connectivity index (χ1v) is 13.8. The fourth-order valence-corrected chi connectivity index (χ4v) is 6.30. The third-order valence-electron chi connectivity index (χ3n) is 6.84. The number of sulfonamides is 1. The van der Waals surface area contributed by atoms with E-state index >= 15 is 0 Å². The van der Waals surface area contributed by atoms with Gasteiger partial charge in [0.25, 0.3) is 0 Å². The number of halogens is 1. The van der Waals surface area contributed by atoms with Crippen molar-refractivity contribution < 1.29 is 27.1 Å². The summed E-state index contributed by atoms with van der Waals surface area (Å²) in [6.45, 7) is 3.58. The molecule has 9 nitrogen and oxygen atoms in total. The average Bonchev–Trinajstić information content (AvgIpc) is 2.84. The van der Waals surface area contributed by atoms with Gasteiger partial charge < -0.3 is 9.64 Å². The predicted octanol–water partition coefficient (Wildman–Crippen LogP) is 3.09. The fraction of sp³-hybridized carbons (Fsp3) is 0.667. The molecule has 192 valence electrons. The van der Waals surface area contributed by atoms with Crippen LogP contribution in [-0.4, -0.2) is 50.7 Å². The normalized spacial score (nSPS) is 21.3. The number of carbonyl (C=O) groups is 2. The molecular formula is C24H33FN4O5S. The second kappa shape index (κ2) is 11.8. The molecule has 0 spiro atoms. The van der Waals surface area contributed by atoms with E-state index in [1.165, 1.54) is 6.07 Å². The Labute approximate surface area is 206 Å². The molecule has 1 N–H and O–H groups in total. The van der Waals surface area contributed by atoms with Crippen molar-refractivity contribution in [3.8, 4) is 6.07 Å². The number of rotatable bonds is 8. The number of esters is 1. The van der Waals surface area contributed by atoms with Crippen molar-refractivity contribution in [2.45, 2.75) is 59.0 Å². The first-order valence-electron chi connectivity index (χ1n) is 12.1. The summed E-state index contributed by atoms with van der Waals surface area (Å²) in [5.74, 6) is -0.829. The van der Waals surface area contributed by atoms with Crippen LogP contribution in [0.1, 0.15) is 74.0 Å². The quantitative estimate of drug-likeness (QED) is 0.530. The molecule has 0 atom stereocenters. The van der Waals surface area contributed by atoms with Gasteiger partial charge >= 0.3 is 5.97 Å². The van der Waals surface area contributed by atoms with Gasteiger partial charge in [0.2, 0.25) is 15.9 Å². The van der Waals surface area contributed by atoms with Gasteiger partial charge in [-0.3, -0.25) is 9.52 Å². The molecule has 2 aliphatic rings. The van der Waals surface area contributed by atoms with Crippen LogP contribution >= 0.6 is 0 Å². The number of hydrogen-bond acceptors (Lipinski definition) is 8. The number of amides is 1. The molecule has 2 fully saturated rings. The topological polar surface area (TPSA) is 129 Å². The van der Waals surface area contributed by atoms with Gasteiger partial charge in [-0.15, -0.1) is 0 Å². The first-order chi connectivity index (χ1) is 16.7. The second-order valence-corrected chi connectivity index (χ2v) is 11.2. The minimum Gasteiger partial charge on any atom is -0.462 e. The number of piperidine rings is 1. The zero-order valence-corrected chi connectivity index (χ0v) is 21.1. The van der Waals surface area contributed by atoms with E-state index in [2.05, 4.69) is 16.6 Å². The molecule has 1 saturated heterocycles. The molecule has 0 aromatic carbocycles. The maximum Gasteiger partial charge on any atom is 0.340 e. The van der Waals surface area contributed by atoms with Crippen molar-refractivity contribution in [1.82, 2.24) is 9.71 Å². The summed E-state index contributed by atoms with van der Waals surface area (Å²) in [6, 6.07) is 3.28. The molecule has 1 saturated carbocycles. The maximum absolute atomic E-state index is 13.6. The van der Waals surface area contributed by atoms with Gasteiger partial charge in [0, 0.05) is 19.0 Å². The summed E-state index contributed by atoms with van der Waals surface area (Å²) in [5, 5.41) is 9.57. The van der Waals surface area contributed by atoms with Crippen molar-refractivity contribution in [2.24, 2.45) is 17.8 Å². The SMILES string of the molecule is CCOC(=O)c1cc(C#N)c(N2CCC(C(=O)NS(=O)(=O)CC3CCC(C)CC3)CC2)nc1CF. The number of anilines is 1. The molecule has 3 rings (SSSR count). The summed E-state index contributed by atoms with van der Waals surface area (Å²) < 4.78 is 45.9. The highest BCUT2D eigenvalue weighted by Crippen LogP contribution is 2.30. The molecule has 1 aromatic rings. The fourth-order valence-electron chi connectivity index (χ4n) is 4.79. The largest absolute Gasteiger partial charge is 0.462 e. The Bertz CT molecular complexity index is 1070. The summed E-state index contributed by atoms with van der Waals surface area (Å²) in [7, 11) is -3.70. The number of pyridine rings is 1. The van der Waals surface area contributed by atoms with Crippen molar-refractivity contribution in [1.29, 1.82) is 5.26 Å². The van der Waals surface area contributed by atoms with E-state index in [1.54, 1.807) is 11.8 Å². The third kappa shape index (κ3) is 6.90. The minimum atomic E-state index is -3.70. The zero-order chi connectivity index (χ0) is 25.6. The minimum absolute atomic E-state index is 0.0292. The van der Waals surface area contributed by atoms with Crippen LogP contribution in [-0.2, 0) is 26.2 Å². The van der Waals surface area contributed by atoms with Gasteiger partial charge in [0.1, 0.15) is 18.6 Å². The van der Waals surface area contributed by atoms with Gasteiger partial charge in [-0.2, -0.15) is 5.26 Å². The lowest BCUT2D eigenvalue weighted by Gasteiger charge is -2.33. The van der Waals surface area contributed by atoms with E-state index in [9.17, 15) is 27.7 Å². The Morgan fingerprint density at radius 2 is 1.89 bits per heavy atom. The number of hydrogen-bond donors (Lipinski definition) is 1. The molecule has 0 radical (unpaired) electrons. The number of nitriles is 1. The predicted molar refractivity (Wildman–Crippen MR) is 128 cm³/mol. The molecule has 2 heterocycles. The van der Waals surface area contributed by atoms with Crippen molar-refractivity contribution >= 4 is 27.7 Å². The number of nitrogens with zero attached hydrogens (tertiary/aromatic N) is 3. The van der Waals surface area contributed by atoms with Gasteiger partial charge in [-0.1, -0.05) is 19.8 Å². The number of ether oxygens (including phenoxy) is 1. The van der Waals surface area contributed by atoms with Crippen molar-refractivity contribution in [2.75, 3.05) is 30.3 Å². The second-order valence-electron chi connectivity index (χ2n) is 9.45. The monoisotopic (exact) mass is 508 g/mol. The van der Waals surface area contributed by atoms with Gasteiger partial charge in [0.15, 0.2) is 0 Å². The Hall–Kier alpha value is -2.74. The van der Waals surface area contributed by atoms with E-state index < -0.39 is 34.5 Å². The van der Waals surface area contributed by atoms with Gasteiger partial charge in [0.05, 0.1) is 29.2 Å². The Kier molecular flexibility index (Phi) is 9.05. The van der Waals surface area contributed by atoms with Crippen molar-refractivity contribution in [3.63, 3.8) is 0 Å². The number of nitrogens with one attached hydrogen (secondary N) is 1. The number of carbonyl (C=O) groups excluding carboxylic acids is 2. The van der Waals surface area contributed by atoms with Crippen LogP contribution in [0.3, 0.4) is 0 Å². The zero-order valence-electron chi connectivity index (χ0n) is 20.3. The van der Waals surface area contributed by atoms with Crippen LogP contribution in [0.4, 0.5) is 10.2 Å². The van der Waals surface area contributed by atoms with Gasteiger partial charge in [-0.05, 0) is 50.5 Å². The average molecular weight is 509 g/mol. The van der Waals surface area contributed by atoms with E-state index in [1.807, 2.05) is 6.07 Å². The van der Waals surface area contributed by atoms with E-state index in [-0.39, 0.29) is 40.9 Å².